The number of fused-ring (bicyclic) bond motifs is 1. The number of amides is 2. The fraction of sp³-hybridized carbons (Fsp3) is 0.444. The van der Waals surface area contributed by atoms with Gasteiger partial charge >= 0.3 is 12.0 Å². The summed E-state index contributed by atoms with van der Waals surface area (Å²) < 4.78 is 0. The van der Waals surface area contributed by atoms with Gasteiger partial charge in [0.25, 0.3) is 0 Å². The van der Waals surface area contributed by atoms with Crippen molar-refractivity contribution in [2.45, 2.75) is 19.8 Å². The summed E-state index contributed by atoms with van der Waals surface area (Å²) in [5.74, 6) is -1.12. The highest BCUT2D eigenvalue weighted by Crippen LogP contribution is 2.23. The largest absolute Gasteiger partial charge is 0.481 e. The maximum Gasteiger partial charge on any atom is 0.317 e. The van der Waals surface area contributed by atoms with Crippen LogP contribution in [0.3, 0.4) is 0 Å². The topological polar surface area (TPSA) is 85.4 Å². The number of halogens is 1. The quantitative estimate of drug-likeness (QED) is 0.780. The van der Waals surface area contributed by atoms with E-state index in [-0.39, 0.29) is 18.5 Å². The third-order valence-electron chi connectivity index (χ3n) is 4.70. The van der Waals surface area contributed by atoms with E-state index >= 15 is 0 Å². The highest BCUT2D eigenvalue weighted by molar-refractivity contribution is 6.31. The molecule has 1 aliphatic heterocycles. The zero-order chi connectivity index (χ0) is 18.0. The maximum absolute atomic E-state index is 12.4. The third kappa shape index (κ3) is 4.07. The van der Waals surface area contributed by atoms with Gasteiger partial charge in [-0.1, -0.05) is 18.5 Å². The molecule has 1 fully saturated rings. The monoisotopic (exact) mass is 363 g/mol. The lowest BCUT2D eigenvalue weighted by Gasteiger charge is -2.34. The molecule has 0 spiro atoms. The van der Waals surface area contributed by atoms with E-state index in [1.807, 2.05) is 31.3 Å². The predicted molar refractivity (Wildman–Crippen MR) is 96.9 cm³/mol. The second-order valence-corrected chi connectivity index (χ2v) is 7.20. The van der Waals surface area contributed by atoms with Gasteiger partial charge in [-0.15, -0.1) is 0 Å². The van der Waals surface area contributed by atoms with Crippen molar-refractivity contribution < 1.29 is 14.7 Å². The molecule has 0 aliphatic carbocycles. The summed E-state index contributed by atoms with van der Waals surface area (Å²) in [6.07, 6.45) is 3.23. The number of aromatic amines is 1. The first-order chi connectivity index (χ1) is 11.9. The molecule has 6 nitrogen and oxygen atoms in total. The van der Waals surface area contributed by atoms with Crippen molar-refractivity contribution in [2.75, 3.05) is 19.6 Å². The number of H-pyrrole nitrogens is 1. The fourth-order valence-electron chi connectivity index (χ4n) is 3.47. The van der Waals surface area contributed by atoms with Crippen LogP contribution in [0.25, 0.3) is 10.9 Å². The molecule has 1 aliphatic rings. The number of aromatic nitrogens is 1. The summed E-state index contributed by atoms with van der Waals surface area (Å²) >= 11 is 6.05. The van der Waals surface area contributed by atoms with Crippen molar-refractivity contribution in [1.82, 2.24) is 15.2 Å². The molecule has 2 atom stereocenters. The van der Waals surface area contributed by atoms with Gasteiger partial charge in [-0.25, -0.2) is 4.79 Å². The Hall–Kier alpha value is -2.21. The molecular weight excluding hydrogens is 342 g/mol. The Morgan fingerprint density at radius 1 is 1.40 bits per heavy atom. The van der Waals surface area contributed by atoms with Crippen molar-refractivity contribution >= 4 is 34.5 Å². The standard InChI is InChI=1S/C18H22ClN3O3/c1-11-6-13(17(23)24)10-22(9-11)18(25)20-5-4-12-8-21-16-3-2-14(19)7-15(12)16/h2-3,7-8,11,13,21H,4-6,9-10H2,1H3,(H,20,25)(H,23,24). The Morgan fingerprint density at radius 2 is 2.20 bits per heavy atom. The lowest BCUT2D eigenvalue weighted by molar-refractivity contribution is -0.143. The van der Waals surface area contributed by atoms with Gasteiger partial charge in [-0.05, 0) is 42.5 Å². The normalized spacial score (nSPS) is 20.6. The number of urea groups is 1. The van der Waals surface area contributed by atoms with E-state index in [4.69, 9.17) is 11.6 Å². The molecule has 2 aromatic rings. The Morgan fingerprint density at radius 3 is 2.96 bits per heavy atom. The summed E-state index contributed by atoms with van der Waals surface area (Å²) in [6.45, 7) is 3.33. The second kappa shape index (κ2) is 7.35. The van der Waals surface area contributed by atoms with Gasteiger partial charge in [0.1, 0.15) is 0 Å². The molecule has 25 heavy (non-hydrogen) atoms. The molecule has 3 rings (SSSR count). The molecule has 1 aromatic carbocycles. The van der Waals surface area contributed by atoms with Crippen LogP contribution in [0.1, 0.15) is 18.9 Å². The minimum Gasteiger partial charge on any atom is -0.481 e. The lowest BCUT2D eigenvalue weighted by Crippen LogP contribution is -2.49. The SMILES string of the molecule is CC1CC(C(=O)O)CN(C(=O)NCCc2c[nH]c3ccc(Cl)cc23)C1. The van der Waals surface area contributed by atoms with Gasteiger partial charge in [-0.3, -0.25) is 4.79 Å². The molecule has 0 radical (unpaired) electrons. The number of carbonyl (C=O) groups excluding carboxylic acids is 1. The average molecular weight is 364 g/mol. The summed E-state index contributed by atoms with van der Waals surface area (Å²) in [4.78, 5) is 28.4. The van der Waals surface area contributed by atoms with Crippen molar-refractivity contribution in [2.24, 2.45) is 11.8 Å². The van der Waals surface area contributed by atoms with Gasteiger partial charge in [0.05, 0.1) is 5.92 Å². The van der Waals surface area contributed by atoms with Crippen LogP contribution in [-0.2, 0) is 11.2 Å². The van der Waals surface area contributed by atoms with Crippen molar-refractivity contribution in [1.29, 1.82) is 0 Å². The van der Waals surface area contributed by atoms with Crippen LogP contribution >= 0.6 is 11.6 Å². The van der Waals surface area contributed by atoms with Crippen LogP contribution in [0.2, 0.25) is 5.02 Å². The number of carboxylic acid groups (broad SMARTS) is 1. The third-order valence-corrected chi connectivity index (χ3v) is 4.93. The number of benzene rings is 1. The van der Waals surface area contributed by atoms with E-state index in [2.05, 4.69) is 10.3 Å². The first-order valence-corrected chi connectivity index (χ1v) is 8.83. The van der Waals surface area contributed by atoms with Crippen LogP contribution in [0.15, 0.2) is 24.4 Å². The Balaban J connectivity index is 1.56. The van der Waals surface area contributed by atoms with Crippen LogP contribution in [0, 0.1) is 11.8 Å². The number of nitrogens with zero attached hydrogens (tertiary/aromatic N) is 1. The molecule has 2 amide bonds. The Labute approximate surface area is 151 Å². The van der Waals surface area contributed by atoms with Crippen molar-refractivity contribution in [3.05, 3.63) is 35.0 Å². The highest BCUT2D eigenvalue weighted by Gasteiger charge is 2.31. The number of aliphatic carboxylic acids is 1. The number of rotatable bonds is 4. The molecule has 0 bridgehead atoms. The summed E-state index contributed by atoms with van der Waals surface area (Å²) in [6, 6.07) is 5.48. The number of likely N-dealkylation sites (tertiary alicyclic amines) is 1. The number of hydrogen-bond donors (Lipinski definition) is 3. The summed E-state index contributed by atoms with van der Waals surface area (Å²) in [5, 5.41) is 13.8. The zero-order valence-corrected chi connectivity index (χ0v) is 14.8. The van der Waals surface area contributed by atoms with Crippen molar-refractivity contribution in [3.63, 3.8) is 0 Å². The van der Waals surface area contributed by atoms with Gasteiger partial charge in [-0.2, -0.15) is 0 Å². The first kappa shape index (κ1) is 17.6. The smallest absolute Gasteiger partial charge is 0.317 e. The fourth-order valence-corrected chi connectivity index (χ4v) is 3.64. The van der Waals surface area contributed by atoms with E-state index in [0.717, 1.165) is 16.5 Å². The molecule has 7 heteroatoms. The van der Waals surface area contributed by atoms with Gasteiger partial charge in [0.2, 0.25) is 0 Å². The van der Waals surface area contributed by atoms with Crippen LogP contribution < -0.4 is 5.32 Å². The van der Waals surface area contributed by atoms with Crippen LogP contribution in [-0.4, -0.2) is 46.6 Å². The van der Waals surface area contributed by atoms with Gasteiger partial charge < -0.3 is 20.3 Å². The van der Waals surface area contributed by atoms with Crippen molar-refractivity contribution in [3.8, 4) is 0 Å². The Kier molecular flexibility index (Phi) is 5.18. The molecule has 1 saturated heterocycles. The number of carboxylic acids is 1. The minimum atomic E-state index is -0.833. The molecule has 2 heterocycles. The zero-order valence-electron chi connectivity index (χ0n) is 14.1. The second-order valence-electron chi connectivity index (χ2n) is 6.77. The molecule has 1 aromatic heterocycles. The van der Waals surface area contributed by atoms with Gasteiger partial charge in [0, 0.05) is 41.8 Å². The minimum absolute atomic E-state index is 0.191. The Bertz CT molecular complexity index is 789. The highest BCUT2D eigenvalue weighted by atomic mass is 35.5. The van der Waals surface area contributed by atoms with E-state index in [9.17, 15) is 14.7 Å². The summed E-state index contributed by atoms with van der Waals surface area (Å²) in [7, 11) is 0. The molecule has 2 unspecified atom stereocenters. The number of piperidine rings is 1. The maximum atomic E-state index is 12.4. The predicted octanol–water partition coefficient (Wildman–Crippen LogP) is 3.12. The number of hydrogen-bond acceptors (Lipinski definition) is 2. The summed E-state index contributed by atoms with van der Waals surface area (Å²) in [5.41, 5.74) is 2.10. The molecule has 0 saturated carbocycles. The first-order valence-electron chi connectivity index (χ1n) is 8.45. The van der Waals surface area contributed by atoms with E-state index in [0.29, 0.717) is 31.0 Å². The molecular formula is C18H22ClN3O3. The van der Waals surface area contributed by atoms with E-state index < -0.39 is 11.9 Å². The molecule has 3 N–H and O–H groups in total. The van der Waals surface area contributed by atoms with Crippen LogP contribution in [0.4, 0.5) is 4.79 Å². The number of carbonyl (C=O) groups is 2. The molecule has 134 valence electrons. The average Bonchev–Trinajstić information content (AvgIpc) is 2.96. The number of nitrogens with one attached hydrogen (secondary N) is 2. The van der Waals surface area contributed by atoms with E-state index in [1.165, 1.54) is 0 Å². The lowest BCUT2D eigenvalue weighted by atomic mass is 9.91. The van der Waals surface area contributed by atoms with Gasteiger partial charge in [0.15, 0.2) is 0 Å². The van der Waals surface area contributed by atoms with Crippen LogP contribution in [0.5, 0.6) is 0 Å². The van der Waals surface area contributed by atoms with E-state index in [1.54, 1.807) is 4.90 Å².